The number of carbonyl (C=O) groups is 1. The number of nitrogen functional groups attached to an aromatic ring is 1. The normalized spacial score (nSPS) is 21.5. The number of hydrogen-bond acceptors (Lipinski definition) is 7. The first-order valence-corrected chi connectivity index (χ1v) is 9.60. The zero-order valence-electron chi connectivity index (χ0n) is 15.7. The number of hydrogen-bond donors (Lipinski definition) is 1. The molecule has 0 bridgehead atoms. The fraction of sp³-hybridized carbons (Fsp3) is 0.526. The molecule has 1 aliphatic rings. The molecule has 150 valence electrons. The van der Waals surface area contributed by atoms with E-state index >= 15 is 0 Å². The lowest BCUT2D eigenvalue weighted by Gasteiger charge is -2.23. The van der Waals surface area contributed by atoms with E-state index in [-0.39, 0.29) is 18.1 Å². The fourth-order valence-electron chi connectivity index (χ4n) is 3.17. The van der Waals surface area contributed by atoms with Gasteiger partial charge in [0.05, 0.1) is 12.0 Å². The average molecular weight is 407 g/mol. The molecule has 0 aliphatic carbocycles. The number of rotatable bonds is 7. The molecule has 28 heavy (non-hydrogen) atoms. The summed E-state index contributed by atoms with van der Waals surface area (Å²) in [5.74, 6) is 2.92. The number of anilines is 1. The van der Waals surface area contributed by atoms with Crippen molar-refractivity contribution < 1.29 is 19.0 Å². The van der Waals surface area contributed by atoms with Crippen LogP contribution in [0.15, 0.2) is 12.3 Å². The maximum Gasteiger partial charge on any atom is 0.508 e. The summed E-state index contributed by atoms with van der Waals surface area (Å²) in [6.07, 6.45) is 10.3. The van der Waals surface area contributed by atoms with Crippen molar-refractivity contribution in [2.75, 3.05) is 18.9 Å². The Morgan fingerprint density at radius 1 is 1.50 bits per heavy atom. The highest BCUT2D eigenvalue weighted by Gasteiger charge is 2.41. The minimum absolute atomic E-state index is 0.0558. The minimum Gasteiger partial charge on any atom is -0.434 e. The van der Waals surface area contributed by atoms with Gasteiger partial charge < -0.3 is 24.5 Å². The Bertz CT molecular complexity index is 894. The molecular formula is C19H23ClN4O4. The first kappa shape index (κ1) is 20.2. The van der Waals surface area contributed by atoms with Crippen LogP contribution in [0.2, 0.25) is 5.28 Å². The van der Waals surface area contributed by atoms with E-state index in [0.717, 1.165) is 19.3 Å². The molecule has 0 radical (unpaired) electrons. The summed E-state index contributed by atoms with van der Waals surface area (Å²) in [6, 6.07) is 1.80. The Balaban J connectivity index is 1.64. The van der Waals surface area contributed by atoms with Gasteiger partial charge in [-0.25, -0.2) is 9.78 Å². The molecule has 1 fully saturated rings. The van der Waals surface area contributed by atoms with Gasteiger partial charge >= 0.3 is 6.16 Å². The summed E-state index contributed by atoms with van der Waals surface area (Å²) < 4.78 is 18.1. The monoisotopic (exact) mass is 406 g/mol. The second kappa shape index (κ2) is 8.67. The minimum atomic E-state index is -1.02. The zero-order chi connectivity index (χ0) is 20.1. The van der Waals surface area contributed by atoms with Gasteiger partial charge in [0.15, 0.2) is 5.60 Å². The van der Waals surface area contributed by atoms with Crippen LogP contribution in [-0.4, -0.2) is 39.5 Å². The lowest BCUT2D eigenvalue weighted by atomic mass is 10.0. The van der Waals surface area contributed by atoms with E-state index in [1.165, 1.54) is 0 Å². The molecule has 0 unspecified atom stereocenters. The van der Waals surface area contributed by atoms with Gasteiger partial charge in [-0.2, -0.15) is 4.98 Å². The van der Waals surface area contributed by atoms with Gasteiger partial charge in [-0.15, -0.1) is 6.42 Å². The van der Waals surface area contributed by atoms with Gasteiger partial charge in [0, 0.05) is 6.20 Å². The van der Waals surface area contributed by atoms with Gasteiger partial charge in [0.25, 0.3) is 0 Å². The molecular weight excluding hydrogens is 384 g/mol. The first-order chi connectivity index (χ1) is 13.5. The summed E-state index contributed by atoms with van der Waals surface area (Å²) >= 11 is 5.93. The lowest BCUT2D eigenvalue weighted by Crippen LogP contribution is -2.34. The number of fused-ring (bicyclic) bond motifs is 1. The summed E-state index contributed by atoms with van der Waals surface area (Å²) in [4.78, 5) is 19.9. The number of halogens is 1. The van der Waals surface area contributed by atoms with Crippen molar-refractivity contribution in [1.29, 1.82) is 0 Å². The highest BCUT2D eigenvalue weighted by molar-refractivity contribution is 6.28. The largest absolute Gasteiger partial charge is 0.508 e. The Morgan fingerprint density at radius 2 is 2.32 bits per heavy atom. The second-order valence-electron chi connectivity index (χ2n) is 6.68. The molecule has 2 aromatic heterocycles. The second-order valence-corrected chi connectivity index (χ2v) is 7.02. The first-order valence-electron chi connectivity index (χ1n) is 9.22. The van der Waals surface area contributed by atoms with Crippen LogP contribution in [0.25, 0.3) is 11.0 Å². The predicted molar refractivity (Wildman–Crippen MR) is 105 cm³/mol. The molecule has 0 aromatic carbocycles. The topological polar surface area (TPSA) is 101 Å². The Labute approximate surface area is 168 Å². The van der Waals surface area contributed by atoms with E-state index in [0.29, 0.717) is 36.3 Å². The number of nitrogens with zero attached hydrogens (tertiary/aromatic N) is 3. The summed E-state index contributed by atoms with van der Waals surface area (Å²) in [5.41, 5.74) is 5.43. The van der Waals surface area contributed by atoms with E-state index in [1.54, 1.807) is 16.8 Å². The Hall–Kier alpha value is -2.50. The molecule has 0 saturated carbocycles. The van der Waals surface area contributed by atoms with Crippen molar-refractivity contribution >= 4 is 34.6 Å². The highest BCUT2D eigenvalue weighted by Crippen LogP contribution is 2.38. The SMILES string of the molecule is C#C[C@@]1(COC(=O)OCCCCC)CC[C@H](n2ccc3c(N)nc(Cl)nc32)O1. The molecule has 0 amide bonds. The predicted octanol–water partition coefficient (Wildman–Crippen LogP) is 3.69. The number of aromatic nitrogens is 3. The standard InChI is InChI=1S/C19H23ClN4O4/c1-3-5-6-11-26-18(25)27-12-19(4-2)9-7-14(28-19)24-10-8-13-15(21)22-17(20)23-16(13)24/h2,8,10,14H,3,5-7,9,11-12H2,1H3,(H2,21,22,23)/t14-,19+/m1/s1. The number of carbonyl (C=O) groups excluding carboxylic acids is 1. The molecule has 1 saturated heterocycles. The lowest BCUT2D eigenvalue weighted by molar-refractivity contribution is -0.0730. The molecule has 8 nitrogen and oxygen atoms in total. The van der Waals surface area contributed by atoms with Crippen molar-refractivity contribution in [2.45, 2.75) is 50.9 Å². The molecule has 3 rings (SSSR count). The maximum atomic E-state index is 11.8. The maximum absolute atomic E-state index is 11.8. The molecule has 2 N–H and O–H groups in total. The Morgan fingerprint density at radius 3 is 3.07 bits per heavy atom. The van der Waals surface area contributed by atoms with Crippen LogP contribution in [0.1, 0.15) is 45.3 Å². The van der Waals surface area contributed by atoms with E-state index in [2.05, 4.69) is 22.8 Å². The Kier molecular flexibility index (Phi) is 6.27. The molecule has 9 heteroatoms. The van der Waals surface area contributed by atoms with E-state index < -0.39 is 11.8 Å². The molecule has 2 aromatic rings. The van der Waals surface area contributed by atoms with E-state index in [9.17, 15) is 4.79 Å². The van der Waals surface area contributed by atoms with E-state index in [4.69, 9.17) is 38.0 Å². The van der Waals surface area contributed by atoms with Crippen LogP contribution in [0.4, 0.5) is 10.6 Å². The number of nitrogens with two attached hydrogens (primary N) is 1. The molecule has 2 atom stereocenters. The van der Waals surface area contributed by atoms with Gasteiger partial charge in [-0.05, 0) is 36.9 Å². The van der Waals surface area contributed by atoms with Crippen LogP contribution >= 0.6 is 11.6 Å². The van der Waals surface area contributed by atoms with Crippen LogP contribution in [0, 0.1) is 12.3 Å². The van der Waals surface area contributed by atoms with Crippen LogP contribution < -0.4 is 5.73 Å². The van der Waals surface area contributed by atoms with Crippen molar-refractivity contribution in [1.82, 2.24) is 14.5 Å². The average Bonchev–Trinajstić information content (AvgIpc) is 3.28. The summed E-state index contributed by atoms with van der Waals surface area (Å²) in [6.45, 7) is 2.32. The number of terminal acetylenes is 1. The van der Waals surface area contributed by atoms with Crippen molar-refractivity contribution in [3.8, 4) is 12.3 Å². The summed E-state index contributed by atoms with van der Waals surface area (Å²) in [5, 5.41) is 0.735. The smallest absolute Gasteiger partial charge is 0.434 e. The third-order valence-electron chi connectivity index (χ3n) is 4.70. The van der Waals surface area contributed by atoms with Crippen molar-refractivity contribution in [3.05, 3.63) is 17.5 Å². The van der Waals surface area contributed by atoms with Crippen LogP contribution in [-0.2, 0) is 14.2 Å². The van der Waals surface area contributed by atoms with Gasteiger partial charge in [0.2, 0.25) is 5.28 Å². The van der Waals surface area contributed by atoms with Crippen molar-refractivity contribution in [2.24, 2.45) is 0 Å². The van der Waals surface area contributed by atoms with Crippen LogP contribution in [0.5, 0.6) is 0 Å². The fourth-order valence-corrected chi connectivity index (χ4v) is 3.34. The molecule has 0 spiro atoms. The van der Waals surface area contributed by atoms with Gasteiger partial charge in [-0.1, -0.05) is 25.7 Å². The van der Waals surface area contributed by atoms with Gasteiger partial charge in [-0.3, -0.25) is 0 Å². The third-order valence-corrected chi connectivity index (χ3v) is 4.86. The van der Waals surface area contributed by atoms with Gasteiger partial charge in [0.1, 0.15) is 24.3 Å². The number of ether oxygens (including phenoxy) is 3. The van der Waals surface area contributed by atoms with Crippen molar-refractivity contribution in [3.63, 3.8) is 0 Å². The van der Waals surface area contributed by atoms with E-state index in [1.807, 2.05) is 0 Å². The molecule has 3 heterocycles. The van der Waals surface area contributed by atoms with Crippen LogP contribution in [0.3, 0.4) is 0 Å². The summed E-state index contributed by atoms with van der Waals surface area (Å²) in [7, 11) is 0. The highest BCUT2D eigenvalue weighted by atomic mass is 35.5. The number of unbranched alkanes of at least 4 members (excludes halogenated alkanes) is 2. The zero-order valence-corrected chi connectivity index (χ0v) is 16.4. The molecule has 1 aliphatic heterocycles. The third kappa shape index (κ3) is 4.32. The quantitative estimate of drug-likeness (QED) is 0.324.